The van der Waals surface area contributed by atoms with Crippen LogP contribution in [0.25, 0.3) is 32.2 Å². The van der Waals surface area contributed by atoms with Crippen LogP contribution in [0.3, 0.4) is 0 Å². The van der Waals surface area contributed by atoms with Gasteiger partial charge in [0, 0.05) is 11.3 Å². The molecule has 0 radical (unpaired) electrons. The highest BCUT2D eigenvalue weighted by Crippen LogP contribution is 2.34. The molecular weight excluding hydrogens is 439 g/mol. The van der Waals surface area contributed by atoms with Crippen molar-refractivity contribution in [1.82, 2.24) is 20.1 Å². The molecule has 0 bridgehead atoms. The molecule has 5 rings (SSSR count). The Morgan fingerprint density at radius 2 is 1.82 bits per heavy atom. The molecule has 0 saturated carbocycles. The Morgan fingerprint density at radius 1 is 1.12 bits per heavy atom. The summed E-state index contributed by atoms with van der Waals surface area (Å²) in [6.07, 6.45) is 2.11. The Balaban J connectivity index is 0.000000821. The fourth-order valence-corrected chi connectivity index (χ4v) is 5.45. The van der Waals surface area contributed by atoms with E-state index in [0.717, 1.165) is 70.1 Å². The number of likely N-dealkylation sites (tertiary alicyclic amines) is 1. The summed E-state index contributed by atoms with van der Waals surface area (Å²) in [5.41, 5.74) is 5.48. The van der Waals surface area contributed by atoms with Crippen molar-refractivity contribution in [3.05, 3.63) is 52.4 Å². The van der Waals surface area contributed by atoms with Crippen LogP contribution in [0.1, 0.15) is 41.9 Å². The van der Waals surface area contributed by atoms with Gasteiger partial charge < -0.3 is 10.0 Å². The van der Waals surface area contributed by atoms with Gasteiger partial charge in [-0.05, 0) is 93.3 Å². The summed E-state index contributed by atoms with van der Waals surface area (Å²) in [6, 6.07) is 9.66. The smallest absolute Gasteiger partial charge is 0.290 e. The highest BCUT2D eigenvalue weighted by atomic mass is 32.1. The summed E-state index contributed by atoms with van der Waals surface area (Å²) in [4.78, 5) is 15.4. The number of aryl methyl sites for hydroxylation is 2. The molecule has 1 fully saturated rings. The molecule has 1 saturated heterocycles. The van der Waals surface area contributed by atoms with E-state index >= 15 is 4.39 Å². The Labute approximate surface area is 196 Å². The van der Waals surface area contributed by atoms with Crippen LogP contribution < -0.4 is 0 Å². The molecule has 2 aromatic heterocycles. The summed E-state index contributed by atoms with van der Waals surface area (Å²) in [6.45, 7) is 9.23. The molecule has 6 nitrogen and oxygen atoms in total. The monoisotopic (exact) mass is 466 g/mol. The third kappa shape index (κ3) is 4.86. The van der Waals surface area contributed by atoms with Gasteiger partial charge in [-0.3, -0.25) is 4.79 Å². The van der Waals surface area contributed by atoms with Crippen LogP contribution in [-0.4, -0.2) is 51.3 Å². The van der Waals surface area contributed by atoms with E-state index in [1.54, 1.807) is 17.4 Å². The number of hydrogen-bond donors (Lipinski definition) is 1. The molecule has 172 valence electrons. The van der Waals surface area contributed by atoms with Crippen LogP contribution in [0.5, 0.6) is 0 Å². The molecule has 1 N–H and O–H groups in total. The number of carboxylic acid groups (broad SMARTS) is 1. The maximum absolute atomic E-state index is 15.1. The number of benzene rings is 2. The Kier molecular flexibility index (Phi) is 6.95. The molecule has 0 amide bonds. The summed E-state index contributed by atoms with van der Waals surface area (Å²) in [5, 5.41) is 17.4. The molecule has 0 atom stereocenters. The summed E-state index contributed by atoms with van der Waals surface area (Å²) >= 11 is 1.67. The first-order valence-corrected chi connectivity index (χ1v) is 11.9. The predicted octanol–water partition coefficient (Wildman–Crippen LogP) is 5.56. The van der Waals surface area contributed by atoms with Crippen molar-refractivity contribution < 1.29 is 14.3 Å². The van der Waals surface area contributed by atoms with Crippen molar-refractivity contribution in [1.29, 1.82) is 0 Å². The van der Waals surface area contributed by atoms with Gasteiger partial charge in [-0.25, -0.2) is 9.37 Å². The lowest BCUT2D eigenvalue weighted by Gasteiger charge is -2.30. The van der Waals surface area contributed by atoms with Gasteiger partial charge in [0.25, 0.3) is 6.47 Å². The Bertz CT molecular complexity index is 1300. The SMILES string of the molecule is CCN1CCC(c2cc3c(F)cc(-c4cc(C)c5nc(C)sc5c4)cc3nn2)CC1.O=CO. The van der Waals surface area contributed by atoms with Gasteiger partial charge in [0.15, 0.2) is 0 Å². The highest BCUT2D eigenvalue weighted by molar-refractivity contribution is 7.18. The zero-order chi connectivity index (χ0) is 23.5. The van der Waals surface area contributed by atoms with Crippen LogP contribution in [0, 0.1) is 19.7 Å². The minimum absolute atomic E-state index is 0.233. The molecule has 4 aromatic rings. The van der Waals surface area contributed by atoms with Gasteiger partial charge in [0.1, 0.15) is 5.82 Å². The van der Waals surface area contributed by atoms with E-state index < -0.39 is 0 Å². The Hall–Kier alpha value is -2.97. The van der Waals surface area contributed by atoms with Crippen molar-refractivity contribution in [3.63, 3.8) is 0 Å². The van der Waals surface area contributed by atoms with Crippen LogP contribution in [0.2, 0.25) is 0 Å². The third-order valence-electron chi connectivity index (χ3n) is 6.25. The minimum atomic E-state index is -0.250. The molecule has 33 heavy (non-hydrogen) atoms. The predicted molar refractivity (Wildman–Crippen MR) is 130 cm³/mol. The number of nitrogens with zero attached hydrogens (tertiary/aromatic N) is 4. The number of thiazole rings is 1. The number of fused-ring (bicyclic) bond motifs is 2. The van der Waals surface area contributed by atoms with Gasteiger partial charge in [0.05, 0.1) is 26.4 Å². The Morgan fingerprint density at radius 3 is 2.52 bits per heavy atom. The molecule has 2 aromatic carbocycles. The molecule has 1 aliphatic rings. The van der Waals surface area contributed by atoms with Gasteiger partial charge in [-0.1, -0.05) is 6.92 Å². The molecule has 0 spiro atoms. The van der Waals surface area contributed by atoms with Crippen molar-refractivity contribution in [2.75, 3.05) is 19.6 Å². The lowest BCUT2D eigenvalue weighted by molar-refractivity contribution is -0.122. The molecule has 3 heterocycles. The second-order valence-corrected chi connectivity index (χ2v) is 9.58. The normalized spacial score (nSPS) is 14.9. The molecular formula is C25H27FN4O2S. The second-order valence-electron chi connectivity index (χ2n) is 8.35. The van der Waals surface area contributed by atoms with E-state index in [0.29, 0.717) is 16.8 Å². The van der Waals surface area contributed by atoms with Crippen molar-refractivity contribution in [3.8, 4) is 11.1 Å². The standard InChI is InChI=1S/C24H25FN4S.CH2O2/c1-4-29-7-5-16(6-8-29)21-13-19-20(25)10-18(11-22(19)28-27-21)17-9-14(2)24-23(12-17)30-15(3)26-24;2-1-3/h9-13,16H,4-8H2,1-3H3;1H,(H,2,3). The number of halogens is 1. The molecule has 0 aliphatic carbocycles. The van der Waals surface area contributed by atoms with Gasteiger partial charge >= 0.3 is 0 Å². The van der Waals surface area contributed by atoms with E-state index in [-0.39, 0.29) is 12.3 Å². The molecule has 0 unspecified atom stereocenters. The molecule has 8 heteroatoms. The quantitative estimate of drug-likeness (QED) is 0.398. The van der Waals surface area contributed by atoms with E-state index in [1.165, 1.54) is 0 Å². The van der Waals surface area contributed by atoms with E-state index in [1.807, 2.05) is 19.1 Å². The number of rotatable bonds is 3. The number of carbonyl (C=O) groups is 1. The fraction of sp³-hybridized carbons (Fsp3) is 0.360. The van der Waals surface area contributed by atoms with Crippen LogP contribution in [0.15, 0.2) is 30.3 Å². The first kappa shape index (κ1) is 23.2. The maximum atomic E-state index is 15.1. The van der Waals surface area contributed by atoms with Crippen molar-refractivity contribution in [2.24, 2.45) is 0 Å². The van der Waals surface area contributed by atoms with Gasteiger partial charge in [0.2, 0.25) is 0 Å². The van der Waals surface area contributed by atoms with E-state index in [4.69, 9.17) is 9.90 Å². The number of hydrogen-bond acceptors (Lipinski definition) is 6. The van der Waals surface area contributed by atoms with Crippen LogP contribution in [-0.2, 0) is 4.79 Å². The topological polar surface area (TPSA) is 79.2 Å². The van der Waals surface area contributed by atoms with Crippen LogP contribution >= 0.6 is 11.3 Å². The van der Waals surface area contributed by atoms with Gasteiger partial charge in [-0.15, -0.1) is 11.3 Å². The summed E-state index contributed by atoms with van der Waals surface area (Å²) in [7, 11) is 0. The van der Waals surface area contributed by atoms with Crippen molar-refractivity contribution >= 4 is 38.9 Å². The van der Waals surface area contributed by atoms with Crippen LogP contribution in [0.4, 0.5) is 4.39 Å². The van der Waals surface area contributed by atoms with E-state index in [9.17, 15) is 0 Å². The fourth-order valence-electron chi connectivity index (χ4n) is 4.50. The largest absolute Gasteiger partial charge is 0.483 e. The maximum Gasteiger partial charge on any atom is 0.290 e. The lowest BCUT2D eigenvalue weighted by atomic mass is 9.92. The summed E-state index contributed by atoms with van der Waals surface area (Å²) in [5.74, 6) is 0.131. The highest BCUT2D eigenvalue weighted by Gasteiger charge is 2.22. The first-order valence-electron chi connectivity index (χ1n) is 11.1. The average molecular weight is 467 g/mol. The molecule has 1 aliphatic heterocycles. The van der Waals surface area contributed by atoms with Crippen molar-refractivity contribution in [2.45, 2.75) is 39.5 Å². The first-order chi connectivity index (χ1) is 15.9. The van der Waals surface area contributed by atoms with Gasteiger partial charge in [-0.2, -0.15) is 10.2 Å². The second kappa shape index (κ2) is 9.89. The third-order valence-corrected chi connectivity index (χ3v) is 7.17. The zero-order valence-corrected chi connectivity index (χ0v) is 19.8. The summed E-state index contributed by atoms with van der Waals surface area (Å²) < 4.78 is 16.3. The van der Waals surface area contributed by atoms with E-state index in [2.05, 4.69) is 46.1 Å². The number of aromatic nitrogens is 3. The lowest BCUT2D eigenvalue weighted by Crippen LogP contribution is -2.32. The zero-order valence-electron chi connectivity index (χ0n) is 19.0. The average Bonchev–Trinajstić information content (AvgIpc) is 3.20. The minimum Gasteiger partial charge on any atom is -0.483 e. The number of piperidine rings is 1.